The lowest BCUT2D eigenvalue weighted by Gasteiger charge is -2.23. The van der Waals surface area contributed by atoms with Crippen LogP contribution in [0.15, 0.2) is 24.3 Å². The van der Waals surface area contributed by atoms with Crippen molar-refractivity contribution in [2.24, 2.45) is 0 Å². The maximum atomic E-state index is 11.4. The fraction of sp³-hybridized carbons (Fsp3) is 0.600. The number of nitrogens with one attached hydrogen (secondary N) is 1. The van der Waals surface area contributed by atoms with Gasteiger partial charge < -0.3 is 10.1 Å². The van der Waals surface area contributed by atoms with Gasteiger partial charge in [-0.25, -0.2) is 8.42 Å². The molecule has 0 radical (unpaired) electrons. The van der Waals surface area contributed by atoms with E-state index in [1.807, 2.05) is 12.1 Å². The minimum atomic E-state index is -2.77. The summed E-state index contributed by atoms with van der Waals surface area (Å²) in [5.74, 6) is 1.53. The van der Waals surface area contributed by atoms with Gasteiger partial charge in [0.05, 0.1) is 18.1 Å². The van der Waals surface area contributed by atoms with Gasteiger partial charge in [-0.15, -0.1) is 0 Å². The van der Waals surface area contributed by atoms with Crippen LogP contribution in [-0.2, 0) is 16.4 Å². The third-order valence-corrected chi connectivity index (χ3v) is 5.26. The topological polar surface area (TPSA) is 55.4 Å². The predicted octanol–water partition coefficient (Wildman–Crippen LogP) is 2.14. The summed E-state index contributed by atoms with van der Waals surface area (Å²) in [6.45, 7) is 3.61. The maximum Gasteiger partial charge on any atom is 0.150 e. The highest BCUT2D eigenvalue weighted by molar-refractivity contribution is 7.91. The monoisotopic (exact) mass is 297 g/mol. The maximum absolute atomic E-state index is 11.4. The number of rotatable bonds is 6. The van der Waals surface area contributed by atoms with E-state index in [1.165, 1.54) is 5.56 Å². The van der Waals surface area contributed by atoms with Crippen molar-refractivity contribution in [3.63, 3.8) is 0 Å². The Kier molecular flexibility index (Phi) is 5.43. The van der Waals surface area contributed by atoms with Crippen LogP contribution in [0.3, 0.4) is 0 Å². The van der Waals surface area contributed by atoms with Crippen LogP contribution < -0.4 is 10.1 Å². The molecule has 1 aliphatic heterocycles. The molecule has 0 aromatic heterocycles. The van der Waals surface area contributed by atoms with Crippen LogP contribution in [0.1, 0.15) is 31.7 Å². The number of sulfone groups is 1. The van der Waals surface area contributed by atoms with Gasteiger partial charge in [0.15, 0.2) is 0 Å². The number of benzene rings is 1. The van der Waals surface area contributed by atoms with E-state index >= 15 is 0 Å². The van der Waals surface area contributed by atoms with E-state index in [4.69, 9.17) is 4.74 Å². The van der Waals surface area contributed by atoms with Crippen LogP contribution in [0.5, 0.6) is 5.75 Å². The quantitative estimate of drug-likeness (QED) is 0.874. The Balaban J connectivity index is 1.77. The lowest BCUT2D eigenvalue weighted by molar-refractivity contribution is 0.317. The summed E-state index contributed by atoms with van der Waals surface area (Å²) >= 11 is 0. The molecule has 5 heteroatoms. The highest BCUT2D eigenvalue weighted by Crippen LogP contribution is 2.15. The van der Waals surface area contributed by atoms with E-state index in [1.54, 1.807) is 0 Å². The molecule has 2 rings (SSSR count). The standard InChI is InChI=1S/C15H23NO3S/c1-2-9-19-15-5-3-13(4-6-15)12-16-14-7-10-20(17,18)11-8-14/h3-6,14,16H,2,7-12H2,1H3. The zero-order valence-electron chi connectivity index (χ0n) is 12.0. The van der Waals surface area contributed by atoms with Gasteiger partial charge in [-0.2, -0.15) is 0 Å². The SMILES string of the molecule is CCCOc1ccc(CNC2CCS(=O)(=O)CC2)cc1. The Labute approximate surface area is 121 Å². The van der Waals surface area contributed by atoms with E-state index in [2.05, 4.69) is 24.4 Å². The molecule has 1 aliphatic rings. The normalized spacial score (nSPS) is 18.9. The Morgan fingerprint density at radius 3 is 2.45 bits per heavy atom. The Bertz CT molecular complexity index is 496. The van der Waals surface area contributed by atoms with E-state index in [0.29, 0.717) is 17.5 Å². The molecule has 112 valence electrons. The van der Waals surface area contributed by atoms with Gasteiger partial charge in [-0.1, -0.05) is 19.1 Å². The molecule has 1 aromatic rings. The Morgan fingerprint density at radius 1 is 1.20 bits per heavy atom. The molecule has 20 heavy (non-hydrogen) atoms. The van der Waals surface area contributed by atoms with E-state index < -0.39 is 9.84 Å². The molecule has 1 fully saturated rings. The molecular formula is C15H23NO3S. The van der Waals surface area contributed by atoms with Crippen LogP contribution in [0, 0.1) is 0 Å². The minimum absolute atomic E-state index is 0.314. The fourth-order valence-electron chi connectivity index (χ4n) is 2.28. The predicted molar refractivity (Wildman–Crippen MR) is 80.7 cm³/mol. The molecule has 1 saturated heterocycles. The van der Waals surface area contributed by atoms with Crippen molar-refractivity contribution in [3.05, 3.63) is 29.8 Å². The van der Waals surface area contributed by atoms with Crippen molar-refractivity contribution >= 4 is 9.84 Å². The molecule has 0 atom stereocenters. The fourth-order valence-corrected chi connectivity index (χ4v) is 3.77. The van der Waals surface area contributed by atoms with Gasteiger partial charge in [0.25, 0.3) is 0 Å². The number of ether oxygens (including phenoxy) is 1. The zero-order chi connectivity index (χ0) is 14.4. The lowest BCUT2D eigenvalue weighted by Crippen LogP contribution is -2.37. The Hall–Kier alpha value is -1.07. The summed E-state index contributed by atoms with van der Waals surface area (Å²) < 4.78 is 28.2. The molecule has 1 heterocycles. The first-order valence-corrected chi connectivity index (χ1v) is 9.07. The molecule has 1 N–H and O–H groups in total. The summed E-state index contributed by atoms with van der Waals surface area (Å²) in [6.07, 6.45) is 2.45. The van der Waals surface area contributed by atoms with Crippen LogP contribution in [0.25, 0.3) is 0 Å². The van der Waals surface area contributed by atoms with Gasteiger partial charge in [0.2, 0.25) is 0 Å². The van der Waals surface area contributed by atoms with Gasteiger partial charge in [0, 0.05) is 12.6 Å². The smallest absolute Gasteiger partial charge is 0.150 e. The van der Waals surface area contributed by atoms with Gasteiger partial charge >= 0.3 is 0 Å². The highest BCUT2D eigenvalue weighted by Gasteiger charge is 2.22. The second-order valence-electron chi connectivity index (χ2n) is 5.30. The number of hydrogen-bond acceptors (Lipinski definition) is 4. The van der Waals surface area contributed by atoms with Crippen molar-refractivity contribution in [2.75, 3.05) is 18.1 Å². The van der Waals surface area contributed by atoms with Crippen molar-refractivity contribution in [1.82, 2.24) is 5.32 Å². The molecule has 0 saturated carbocycles. The molecule has 4 nitrogen and oxygen atoms in total. The molecule has 0 aliphatic carbocycles. The van der Waals surface area contributed by atoms with Crippen molar-refractivity contribution in [3.8, 4) is 5.75 Å². The molecule has 0 amide bonds. The van der Waals surface area contributed by atoms with Crippen LogP contribution in [0.4, 0.5) is 0 Å². The molecule has 1 aromatic carbocycles. The largest absolute Gasteiger partial charge is 0.494 e. The third-order valence-electron chi connectivity index (χ3n) is 3.55. The highest BCUT2D eigenvalue weighted by atomic mass is 32.2. The molecular weight excluding hydrogens is 274 g/mol. The Morgan fingerprint density at radius 2 is 1.85 bits per heavy atom. The van der Waals surface area contributed by atoms with Crippen LogP contribution in [0.2, 0.25) is 0 Å². The summed E-state index contributed by atoms with van der Waals surface area (Å²) in [7, 11) is -2.77. The summed E-state index contributed by atoms with van der Waals surface area (Å²) in [4.78, 5) is 0. The molecule has 0 unspecified atom stereocenters. The number of hydrogen-bond donors (Lipinski definition) is 1. The second-order valence-corrected chi connectivity index (χ2v) is 7.60. The lowest BCUT2D eigenvalue weighted by atomic mass is 10.1. The summed E-state index contributed by atoms with van der Waals surface area (Å²) in [5, 5.41) is 3.43. The van der Waals surface area contributed by atoms with Gasteiger partial charge in [-0.05, 0) is 37.0 Å². The van der Waals surface area contributed by atoms with Gasteiger partial charge in [-0.3, -0.25) is 0 Å². The zero-order valence-corrected chi connectivity index (χ0v) is 12.8. The minimum Gasteiger partial charge on any atom is -0.494 e. The first kappa shape index (κ1) is 15.3. The van der Waals surface area contributed by atoms with Crippen molar-refractivity contribution < 1.29 is 13.2 Å². The molecule has 0 bridgehead atoms. The van der Waals surface area contributed by atoms with Crippen molar-refractivity contribution in [2.45, 2.75) is 38.8 Å². The van der Waals surface area contributed by atoms with Crippen LogP contribution >= 0.6 is 0 Å². The van der Waals surface area contributed by atoms with Gasteiger partial charge in [0.1, 0.15) is 15.6 Å². The molecule has 0 spiro atoms. The van der Waals surface area contributed by atoms with Crippen LogP contribution in [-0.4, -0.2) is 32.6 Å². The van der Waals surface area contributed by atoms with E-state index in [9.17, 15) is 8.42 Å². The third kappa shape index (κ3) is 4.80. The van der Waals surface area contributed by atoms with E-state index in [0.717, 1.165) is 38.2 Å². The first-order valence-electron chi connectivity index (χ1n) is 7.24. The average molecular weight is 297 g/mol. The van der Waals surface area contributed by atoms with E-state index in [-0.39, 0.29) is 0 Å². The summed E-state index contributed by atoms with van der Waals surface area (Å²) in [5.41, 5.74) is 1.20. The first-order chi connectivity index (χ1) is 9.59. The second kappa shape index (κ2) is 7.09. The average Bonchev–Trinajstić information content (AvgIpc) is 2.45. The summed E-state index contributed by atoms with van der Waals surface area (Å²) in [6, 6.07) is 8.39. The van der Waals surface area contributed by atoms with Crippen molar-refractivity contribution in [1.29, 1.82) is 0 Å².